The van der Waals surface area contributed by atoms with Gasteiger partial charge in [-0.1, -0.05) is 6.07 Å². The van der Waals surface area contributed by atoms with Crippen molar-refractivity contribution in [3.8, 4) is 0 Å². The van der Waals surface area contributed by atoms with Crippen LogP contribution in [0.2, 0.25) is 0 Å². The fraction of sp³-hybridized carbons (Fsp3) is 0.333. The Kier molecular flexibility index (Phi) is 3.66. The van der Waals surface area contributed by atoms with E-state index in [2.05, 4.69) is 15.4 Å². The highest BCUT2D eigenvalue weighted by molar-refractivity contribution is 5.04. The highest BCUT2D eigenvalue weighted by Gasteiger charge is 1.97. The average molecular weight is 216 g/mol. The van der Waals surface area contributed by atoms with Gasteiger partial charge in [-0.05, 0) is 18.2 Å². The predicted molar refractivity (Wildman–Crippen MR) is 62.9 cm³/mol. The average Bonchev–Trinajstić information content (AvgIpc) is 2.72. The van der Waals surface area contributed by atoms with Crippen LogP contribution in [0.15, 0.2) is 36.7 Å². The molecule has 84 valence electrons. The molecule has 2 aromatic heterocycles. The predicted octanol–water partition coefficient (Wildman–Crippen LogP) is 1.15. The summed E-state index contributed by atoms with van der Waals surface area (Å²) in [6, 6.07) is 8.02. The summed E-state index contributed by atoms with van der Waals surface area (Å²) in [5.41, 5.74) is 2.32. The van der Waals surface area contributed by atoms with Crippen LogP contribution in [0.4, 0.5) is 0 Å². The molecule has 0 radical (unpaired) electrons. The molecule has 1 N–H and O–H groups in total. The Hall–Kier alpha value is -1.68. The van der Waals surface area contributed by atoms with Crippen molar-refractivity contribution in [2.45, 2.75) is 13.0 Å². The standard InChI is InChI=1S/C12H16N4/c1-16-12(6-9-15-16)10-13-8-5-11-4-2-3-7-14-11/h2-4,6-7,9,13H,5,8,10H2,1H3. The molecule has 0 aromatic carbocycles. The summed E-state index contributed by atoms with van der Waals surface area (Å²) < 4.78 is 1.88. The maximum absolute atomic E-state index is 4.27. The minimum absolute atomic E-state index is 0.851. The van der Waals surface area contributed by atoms with Crippen LogP contribution in [-0.2, 0) is 20.0 Å². The van der Waals surface area contributed by atoms with Crippen molar-refractivity contribution >= 4 is 0 Å². The number of rotatable bonds is 5. The zero-order valence-electron chi connectivity index (χ0n) is 9.43. The van der Waals surface area contributed by atoms with Crippen LogP contribution in [0.25, 0.3) is 0 Å². The molecule has 0 saturated carbocycles. The van der Waals surface area contributed by atoms with Gasteiger partial charge in [-0.3, -0.25) is 9.67 Å². The molecule has 0 aliphatic carbocycles. The third kappa shape index (κ3) is 2.90. The van der Waals surface area contributed by atoms with E-state index in [1.54, 1.807) is 0 Å². The Morgan fingerprint density at radius 2 is 2.19 bits per heavy atom. The zero-order chi connectivity index (χ0) is 11.2. The molecule has 0 spiro atoms. The monoisotopic (exact) mass is 216 g/mol. The molecule has 0 unspecified atom stereocenters. The molecule has 0 amide bonds. The highest BCUT2D eigenvalue weighted by Crippen LogP contribution is 1.96. The Morgan fingerprint density at radius 1 is 1.25 bits per heavy atom. The van der Waals surface area contributed by atoms with Crippen molar-refractivity contribution in [3.05, 3.63) is 48.0 Å². The van der Waals surface area contributed by atoms with Crippen LogP contribution < -0.4 is 5.32 Å². The summed E-state index contributed by atoms with van der Waals surface area (Å²) in [5.74, 6) is 0. The van der Waals surface area contributed by atoms with Crippen LogP contribution in [0.5, 0.6) is 0 Å². The summed E-state index contributed by atoms with van der Waals surface area (Å²) in [7, 11) is 1.95. The molecule has 4 heteroatoms. The topological polar surface area (TPSA) is 42.7 Å². The summed E-state index contributed by atoms with van der Waals surface area (Å²) in [4.78, 5) is 4.27. The number of nitrogens with one attached hydrogen (secondary N) is 1. The van der Waals surface area contributed by atoms with E-state index in [4.69, 9.17) is 0 Å². The number of pyridine rings is 1. The van der Waals surface area contributed by atoms with Gasteiger partial charge in [0.25, 0.3) is 0 Å². The number of hydrogen-bond acceptors (Lipinski definition) is 3. The van der Waals surface area contributed by atoms with Gasteiger partial charge in [0.05, 0.1) is 5.69 Å². The van der Waals surface area contributed by atoms with Crippen molar-refractivity contribution in [2.75, 3.05) is 6.54 Å². The first kappa shape index (κ1) is 10.8. The van der Waals surface area contributed by atoms with Gasteiger partial charge in [-0.2, -0.15) is 5.10 Å². The number of nitrogens with zero attached hydrogens (tertiary/aromatic N) is 3. The largest absolute Gasteiger partial charge is 0.311 e. The Labute approximate surface area is 95.3 Å². The fourth-order valence-electron chi connectivity index (χ4n) is 1.55. The summed E-state index contributed by atoms with van der Waals surface area (Å²) >= 11 is 0. The van der Waals surface area contributed by atoms with E-state index in [1.807, 2.05) is 48.4 Å². The van der Waals surface area contributed by atoms with Crippen molar-refractivity contribution in [2.24, 2.45) is 7.05 Å². The van der Waals surface area contributed by atoms with Crippen LogP contribution in [0, 0.1) is 0 Å². The second kappa shape index (κ2) is 5.42. The van der Waals surface area contributed by atoms with Crippen LogP contribution in [0.3, 0.4) is 0 Å². The molecule has 0 saturated heterocycles. The lowest BCUT2D eigenvalue weighted by Gasteiger charge is -2.04. The molecule has 0 aliphatic heterocycles. The zero-order valence-corrected chi connectivity index (χ0v) is 9.43. The molecular weight excluding hydrogens is 200 g/mol. The molecule has 0 atom stereocenters. The first-order valence-electron chi connectivity index (χ1n) is 5.44. The molecule has 0 aliphatic rings. The summed E-state index contributed by atoms with van der Waals surface area (Å²) in [6.07, 6.45) is 4.60. The van der Waals surface area contributed by atoms with Gasteiger partial charge in [0, 0.05) is 44.6 Å². The highest BCUT2D eigenvalue weighted by atomic mass is 15.3. The van der Waals surface area contributed by atoms with E-state index in [1.165, 1.54) is 5.69 Å². The lowest BCUT2D eigenvalue weighted by atomic mass is 10.2. The molecular formula is C12H16N4. The summed E-state index contributed by atoms with van der Waals surface area (Å²) in [6.45, 7) is 1.78. The molecule has 0 bridgehead atoms. The van der Waals surface area contributed by atoms with Gasteiger partial charge in [0.15, 0.2) is 0 Å². The van der Waals surface area contributed by atoms with Crippen molar-refractivity contribution in [3.63, 3.8) is 0 Å². The Morgan fingerprint density at radius 3 is 2.88 bits per heavy atom. The smallest absolute Gasteiger partial charge is 0.0518 e. The SMILES string of the molecule is Cn1nccc1CNCCc1ccccn1. The third-order valence-electron chi connectivity index (χ3n) is 2.51. The Balaban J connectivity index is 1.72. The van der Waals surface area contributed by atoms with E-state index in [-0.39, 0.29) is 0 Å². The van der Waals surface area contributed by atoms with Gasteiger partial charge in [0.1, 0.15) is 0 Å². The van der Waals surface area contributed by atoms with E-state index in [0.29, 0.717) is 0 Å². The fourth-order valence-corrected chi connectivity index (χ4v) is 1.55. The maximum atomic E-state index is 4.27. The van der Waals surface area contributed by atoms with Gasteiger partial charge in [0.2, 0.25) is 0 Å². The van der Waals surface area contributed by atoms with Gasteiger partial charge in [-0.15, -0.1) is 0 Å². The minimum atomic E-state index is 0.851. The van der Waals surface area contributed by atoms with Crippen LogP contribution in [-0.4, -0.2) is 21.3 Å². The van der Waals surface area contributed by atoms with E-state index < -0.39 is 0 Å². The molecule has 2 heterocycles. The van der Waals surface area contributed by atoms with Gasteiger partial charge < -0.3 is 5.32 Å². The van der Waals surface area contributed by atoms with Crippen LogP contribution in [0.1, 0.15) is 11.4 Å². The Bertz CT molecular complexity index is 422. The third-order valence-corrected chi connectivity index (χ3v) is 2.51. The molecule has 4 nitrogen and oxygen atoms in total. The van der Waals surface area contributed by atoms with Gasteiger partial charge >= 0.3 is 0 Å². The lowest BCUT2D eigenvalue weighted by molar-refractivity contribution is 0.623. The molecule has 0 fully saturated rings. The summed E-state index contributed by atoms with van der Waals surface area (Å²) in [5, 5.41) is 7.49. The van der Waals surface area contributed by atoms with Crippen molar-refractivity contribution in [1.29, 1.82) is 0 Å². The maximum Gasteiger partial charge on any atom is 0.0518 e. The van der Waals surface area contributed by atoms with Gasteiger partial charge in [-0.25, -0.2) is 0 Å². The molecule has 16 heavy (non-hydrogen) atoms. The second-order valence-electron chi connectivity index (χ2n) is 3.69. The lowest BCUT2D eigenvalue weighted by Crippen LogP contribution is -2.18. The molecule has 2 rings (SSSR count). The van der Waals surface area contributed by atoms with E-state index in [9.17, 15) is 0 Å². The van der Waals surface area contributed by atoms with Crippen LogP contribution >= 0.6 is 0 Å². The first-order chi connectivity index (χ1) is 7.86. The normalized spacial score (nSPS) is 10.6. The minimum Gasteiger partial charge on any atom is -0.311 e. The quantitative estimate of drug-likeness (QED) is 0.762. The first-order valence-corrected chi connectivity index (χ1v) is 5.44. The number of aromatic nitrogens is 3. The van der Waals surface area contributed by atoms with Crippen molar-refractivity contribution in [1.82, 2.24) is 20.1 Å². The molecule has 2 aromatic rings. The number of hydrogen-bond donors (Lipinski definition) is 1. The van der Waals surface area contributed by atoms with E-state index >= 15 is 0 Å². The second-order valence-corrected chi connectivity index (χ2v) is 3.69. The number of aryl methyl sites for hydroxylation is 1. The van der Waals surface area contributed by atoms with Crippen molar-refractivity contribution < 1.29 is 0 Å². The van der Waals surface area contributed by atoms with E-state index in [0.717, 1.165) is 25.2 Å².